The van der Waals surface area contributed by atoms with Crippen molar-refractivity contribution in [3.05, 3.63) is 47.7 Å². The highest BCUT2D eigenvalue weighted by Gasteiger charge is 2.27. The third-order valence-corrected chi connectivity index (χ3v) is 3.75. The zero-order valence-electron chi connectivity index (χ0n) is 11.9. The van der Waals surface area contributed by atoms with Gasteiger partial charge in [-0.2, -0.15) is 0 Å². The van der Waals surface area contributed by atoms with Crippen molar-refractivity contribution >= 4 is 0 Å². The fourth-order valence-electron chi connectivity index (χ4n) is 2.59. The van der Waals surface area contributed by atoms with Crippen molar-refractivity contribution in [2.75, 3.05) is 6.61 Å². The van der Waals surface area contributed by atoms with E-state index in [2.05, 4.69) is 36.3 Å². The Morgan fingerprint density at radius 3 is 3.00 bits per heavy atom. The molecule has 4 nitrogen and oxygen atoms in total. The normalized spacial score (nSPS) is 21.3. The second-order valence-corrected chi connectivity index (χ2v) is 5.26. The Balaban J connectivity index is 1.73. The topological polar surface area (TPSA) is 47.3 Å². The molecule has 2 atom stereocenters. The summed E-state index contributed by atoms with van der Waals surface area (Å²) < 4.78 is 11.4. The van der Waals surface area contributed by atoms with Gasteiger partial charge in [0, 0.05) is 23.9 Å². The Labute approximate surface area is 119 Å². The summed E-state index contributed by atoms with van der Waals surface area (Å²) in [6.45, 7) is 5.64. The van der Waals surface area contributed by atoms with E-state index in [9.17, 15) is 0 Å². The maximum atomic E-state index is 5.76. The van der Waals surface area contributed by atoms with Gasteiger partial charge in [-0.3, -0.25) is 0 Å². The summed E-state index contributed by atoms with van der Waals surface area (Å²) in [5.74, 6) is 3.08. The van der Waals surface area contributed by atoms with Gasteiger partial charge >= 0.3 is 0 Å². The number of hydrogen-bond acceptors (Lipinski definition) is 4. The number of benzene rings is 1. The Hall–Kier alpha value is -1.81. The lowest BCUT2D eigenvalue weighted by molar-refractivity contribution is 0.185. The van der Waals surface area contributed by atoms with E-state index < -0.39 is 0 Å². The van der Waals surface area contributed by atoms with Gasteiger partial charge in [0.2, 0.25) is 5.89 Å². The lowest BCUT2D eigenvalue weighted by Gasteiger charge is -2.31. The van der Waals surface area contributed by atoms with Gasteiger partial charge in [0.1, 0.15) is 11.5 Å². The summed E-state index contributed by atoms with van der Waals surface area (Å²) in [5.41, 5.74) is 1.22. The molecule has 4 heteroatoms. The molecule has 0 bridgehead atoms. The van der Waals surface area contributed by atoms with Crippen molar-refractivity contribution in [3.8, 4) is 5.75 Å². The first kappa shape index (κ1) is 13.2. The van der Waals surface area contributed by atoms with E-state index in [1.165, 1.54) is 5.56 Å². The molecule has 106 valence electrons. The van der Waals surface area contributed by atoms with Gasteiger partial charge in [-0.15, -0.1) is 0 Å². The van der Waals surface area contributed by atoms with E-state index in [1.54, 1.807) is 6.20 Å². The zero-order chi connectivity index (χ0) is 13.9. The maximum absolute atomic E-state index is 5.76. The predicted molar refractivity (Wildman–Crippen MR) is 76.6 cm³/mol. The van der Waals surface area contributed by atoms with Gasteiger partial charge in [0.15, 0.2) is 0 Å². The number of nitrogens with zero attached hydrogens (tertiary/aromatic N) is 1. The highest BCUT2D eigenvalue weighted by molar-refractivity contribution is 5.37. The molecular formula is C16H20N2O2. The molecule has 2 heterocycles. The first-order valence-corrected chi connectivity index (χ1v) is 7.16. The Morgan fingerprint density at radius 1 is 1.35 bits per heavy atom. The lowest BCUT2D eigenvalue weighted by atomic mass is 9.92. The Morgan fingerprint density at radius 2 is 2.20 bits per heavy atom. The average Bonchev–Trinajstić information content (AvgIpc) is 2.94. The minimum atomic E-state index is 0.275. The quantitative estimate of drug-likeness (QED) is 0.929. The van der Waals surface area contributed by atoms with Crippen LogP contribution in [0.5, 0.6) is 5.75 Å². The molecule has 1 aromatic carbocycles. The van der Waals surface area contributed by atoms with Crippen LogP contribution in [0.25, 0.3) is 0 Å². The summed E-state index contributed by atoms with van der Waals surface area (Å²) in [7, 11) is 0. The lowest BCUT2D eigenvalue weighted by Crippen LogP contribution is -2.33. The van der Waals surface area contributed by atoms with Crippen LogP contribution in [0, 0.1) is 5.92 Å². The van der Waals surface area contributed by atoms with Crippen LogP contribution in [0.1, 0.15) is 37.1 Å². The van der Waals surface area contributed by atoms with Crippen LogP contribution in [-0.4, -0.2) is 11.6 Å². The zero-order valence-corrected chi connectivity index (χ0v) is 11.9. The molecule has 2 unspecified atom stereocenters. The third-order valence-electron chi connectivity index (χ3n) is 3.75. The van der Waals surface area contributed by atoms with Crippen LogP contribution in [0.15, 0.2) is 34.9 Å². The predicted octanol–water partition coefficient (Wildman–Crippen LogP) is 3.10. The summed E-state index contributed by atoms with van der Waals surface area (Å²) >= 11 is 0. The molecule has 0 aliphatic carbocycles. The van der Waals surface area contributed by atoms with Crippen LogP contribution in [0.2, 0.25) is 0 Å². The van der Waals surface area contributed by atoms with Crippen LogP contribution >= 0.6 is 0 Å². The number of aryl methyl sites for hydroxylation is 1. The van der Waals surface area contributed by atoms with Crippen LogP contribution in [0.4, 0.5) is 0 Å². The number of fused-ring (bicyclic) bond motifs is 1. The fourth-order valence-corrected chi connectivity index (χ4v) is 2.59. The maximum Gasteiger partial charge on any atom is 0.208 e. The van der Waals surface area contributed by atoms with Gasteiger partial charge in [0.25, 0.3) is 0 Å². The van der Waals surface area contributed by atoms with Gasteiger partial charge in [-0.05, 0) is 6.07 Å². The van der Waals surface area contributed by atoms with Crippen molar-refractivity contribution in [2.24, 2.45) is 5.92 Å². The van der Waals surface area contributed by atoms with Gasteiger partial charge in [-0.1, -0.05) is 32.0 Å². The first-order chi connectivity index (χ1) is 9.78. The van der Waals surface area contributed by atoms with Gasteiger partial charge in [-0.25, -0.2) is 4.98 Å². The third kappa shape index (κ3) is 2.56. The molecule has 0 fully saturated rings. The molecule has 1 aromatic heterocycles. The molecule has 1 N–H and O–H groups in total. The molecule has 1 aliphatic heterocycles. The minimum Gasteiger partial charge on any atom is -0.493 e. The number of oxazole rings is 1. The summed E-state index contributed by atoms with van der Waals surface area (Å²) in [4.78, 5) is 4.29. The molecule has 0 saturated carbocycles. The second-order valence-electron chi connectivity index (χ2n) is 5.26. The van der Waals surface area contributed by atoms with Crippen molar-refractivity contribution in [1.29, 1.82) is 0 Å². The van der Waals surface area contributed by atoms with Crippen LogP contribution in [0.3, 0.4) is 0 Å². The van der Waals surface area contributed by atoms with E-state index in [1.807, 2.05) is 12.1 Å². The summed E-state index contributed by atoms with van der Waals surface area (Å²) in [6, 6.07) is 8.48. The number of hydrogen-bond donors (Lipinski definition) is 1. The van der Waals surface area contributed by atoms with Crippen molar-refractivity contribution < 1.29 is 9.15 Å². The summed E-state index contributed by atoms with van der Waals surface area (Å²) in [5, 5.41) is 3.55. The highest BCUT2D eigenvalue weighted by atomic mass is 16.5. The molecule has 0 spiro atoms. The van der Waals surface area contributed by atoms with E-state index in [0.717, 1.165) is 30.4 Å². The van der Waals surface area contributed by atoms with E-state index in [4.69, 9.17) is 9.15 Å². The number of nitrogens with one attached hydrogen (secondary N) is 1. The number of para-hydroxylation sites is 1. The van der Waals surface area contributed by atoms with Crippen molar-refractivity contribution in [3.63, 3.8) is 0 Å². The van der Waals surface area contributed by atoms with Crippen LogP contribution in [-0.2, 0) is 13.0 Å². The average molecular weight is 272 g/mol. The number of ether oxygens (including phenoxy) is 1. The number of aromatic nitrogens is 1. The van der Waals surface area contributed by atoms with Crippen molar-refractivity contribution in [1.82, 2.24) is 10.3 Å². The van der Waals surface area contributed by atoms with Gasteiger partial charge in [0.05, 0.1) is 19.3 Å². The molecule has 1 aliphatic rings. The minimum absolute atomic E-state index is 0.275. The molecule has 3 rings (SSSR count). The molecule has 0 amide bonds. The largest absolute Gasteiger partial charge is 0.493 e. The number of rotatable bonds is 4. The van der Waals surface area contributed by atoms with Crippen LogP contribution < -0.4 is 10.1 Å². The summed E-state index contributed by atoms with van der Waals surface area (Å²) in [6.07, 6.45) is 2.68. The second kappa shape index (κ2) is 5.67. The van der Waals surface area contributed by atoms with E-state index >= 15 is 0 Å². The SMILES string of the molecule is CCc1cnc(CNC2c3ccccc3OCC2C)o1. The van der Waals surface area contributed by atoms with Crippen molar-refractivity contribution in [2.45, 2.75) is 32.9 Å². The Bertz CT molecular complexity index is 579. The first-order valence-electron chi connectivity index (χ1n) is 7.16. The molecule has 2 aromatic rings. The standard InChI is InChI=1S/C16H20N2O2/c1-3-12-8-17-15(20-12)9-18-16-11(2)10-19-14-7-5-4-6-13(14)16/h4-8,11,16,18H,3,9-10H2,1-2H3. The highest BCUT2D eigenvalue weighted by Crippen LogP contribution is 2.35. The molecule has 0 radical (unpaired) electrons. The van der Waals surface area contributed by atoms with E-state index in [0.29, 0.717) is 12.5 Å². The van der Waals surface area contributed by atoms with Gasteiger partial charge < -0.3 is 14.5 Å². The van der Waals surface area contributed by atoms with E-state index in [-0.39, 0.29) is 6.04 Å². The Kier molecular flexibility index (Phi) is 3.74. The molecule has 0 saturated heterocycles. The molecule has 20 heavy (non-hydrogen) atoms. The monoisotopic (exact) mass is 272 g/mol. The molecular weight excluding hydrogens is 252 g/mol. The smallest absolute Gasteiger partial charge is 0.208 e. The fraction of sp³-hybridized carbons (Fsp3) is 0.438.